The van der Waals surface area contributed by atoms with Crippen LogP contribution in [0.3, 0.4) is 0 Å². The zero-order valence-corrected chi connectivity index (χ0v) is 8.13. The number of aromatic amines is 1. The minimum Gasteiger partial charge on any atom is -0.477 e. The molecule has 0 unspecified atom stereocenters. The van der Waals surface area contributed by atoms with E-state index in [1.165, 1.54) is 5.51 Å². The summed E-state index contributed by atoms with van der Waals surface area (Å²) in [6.45, 7) is 1.83. The molecule has 5 nitrogen and oxygen atoms in total. The first-order valence-corrected chi connectivity index (χ1v) is 4.75. The molecule has 2 aromatic heterocycles. The maximum Gasteiger partial charge on any atom is 0.348 e. The van der Waals surface area contributed by atoms with Crippen molar-refractivity contribution in [2.45, 2.75) is 6.92 Å². The molecule has 0 saturated carbocycles. The van der Waals surface area contributed by atoms with Crippen LogP contribution >= 0.6 is 11.3 Å². The number of aromatic carboxylic acids is 1. The van der Waals surface area contributed by atoms with Gasteiger partial charge in [0.1, 0.15) is 4.88 Å². The average molecular weight is 209 g/mol. The SMILES string of the molecule is Cc1[nH]ncc1-c1ncsc1C(=O)O. The first kappa shape index (κ1) is 8.89. The Kier molecular flexibility index (Phi) is 2.05. The molecule has 0 spiro atoms. The highest BCUT2D eigenvalue weighted by Gasteiger charge is 2.17. The van der Waals surface area contributed by atoms with Gasteiger partial charge in [-0.3, -0.25) is 5.10 Å². The van der Waals surface area contributed by atoms with E-state index >= 15 is 0 Å². The molecule has 72 valence electrons. The van der Waals surface area contributed by atoms with Gasteiger partial charge in [-0.25, -0.2) is 9.78 Å². The summed E-state index contributed by atoms with van der Waals surface area (Å²) in [6.07, 6.45) is 1.58. The van der Waals surface area contributed by atoms with Crippen LogP contribution in [-0.4, -0.2) is 26.3 Å². The van der Waals surface area contributed by atoms with Crippen molar-refractivity contribution >= 4 is 17.3 Å². The maximum atomic E-state index is 10.8. The monoisotopic (exact) mass is 209 g/mol. The predicted octanol–water partition coefficient (Wildman–Crippen LogP) is 1.54. The van der Waals surface area contributed by atoms with Gasteiger partial charge in [0.2, 0.25) is 0 Å². The Morgan fingerprint density at radius 2 is 2.43 bits per heavy atom. The van der Waals surface area contributed by atoms with E-state index in [9.17, 15) is 4.79 Å². The van der Waals surface area contributed by atoms with E-state index in [1.807, 2.05) is 6.92 Å². The van der Waals surface area contributed by atoms with Gasteiger partial charge in [-0.2, -0.15) is 5.10 Å². The molecule has 2 aromatic rings. The minimum absolute atomic E-state index is 0.245. The van der Waals surface area contributed by atoms with E-state index in [0.717, 1.165) is 22.6 Å². The highest BCUT2D eigenvalue weighted by molar-refractivity contribution is 7.12. The number of hydrogen-bond acceptors (Lipinski definition) is 4. The molecule has 0 aliphatic heterocycles. The van der Waals surface area contributed by atoms with Crippen molar-refractivity contribution in [3.8, 4) is 11.3 Å². The van der Waals surface area contributed by atoms with Crippen LogP contribution < -0.4 is 0 Å². The molecule has 6 heteroatoms. The molecule has 0 radical (unpaired) electrons. The summed E-state index contributed by atoms with van der Waals surface area (Å²) in [5.41, 5.74) is 3.56. The Hall–Kier alpha value is -1.69. The number of H-pyrrole nitrogens is 1. The van der Waals surface area contributed by atoms with Gasteiger partial charge in [0.15, 0.2) is 0 Å². The lowest BCUT2D eigenvalue weighted by molar-refractivity contribution is 0.0702. The van der Waals surface area contributed by atoms with Gasteiger partial charge in [0.25, 0.3) is 0 Å². The van der Waals surface area contributed by atoms with Crippen LogP contribution in [-0.2, 0) is 0 Å². The fourth-order valence-electron chi connectivity index (χ4n) is 1.18. The maximum absolute atomic E-state index is 10.8. The molecule has 0 aromatic carbocycles. The Morgan fingerprint density at radius 1 is 1.64 bits per heavy atom. The van der Waals surface area contributed by atoms with E-state index < -0.39 is 5.97 Å². The third-order valence-electron chi connectivity index (χ3n) is 1.85. The van der Waals surface area contributed by atoms with Crippen LogP contribution in [0.25, 0.3) is 11.3 Å². The van der Waals surface area contributed by atoms with Crippen molar-refractivity contribution in [2.24, 2.45) is 0 Å². The number of carbonyl (C=O) groups is 1. The number of carboxylic acid groups (broad SMARTS) is 1. The summed E-state index contributed by atoms with van der Waals surface area (Å²) in [5, 5.41) is 15.5. The number of hydrogen-bond donors (Lipinski definition) is 2. The average Bonchev–Trinajstić information content (AvgIpc) is 2.70. The molecule has 0 amide bonds. The van der Waals surface area contributed by atoms with Crippen molar-refractivity contribution in [3.05, 3.63) is 22.3 Å². The third-order valence-corrected chi connectivity index (χ3v) is 2.66. The topological polar surface area (TPSA) is 78.9 Å². The lowest BCUT2D eigenvalue weighted by atomic mass is 10.2. The first-order valence-electron chi connectivity index (χ1n) is 3.87. The number of rotatable bonds is 2. The second-order valence-corrected chi connectivity index (χ2v) is 3.60. The summed E-state index contributed by atoms with van der Waals surface area (Å²) in [6, 6.07) is 0. The van der Waals surface area contributed by atoms with Gasteiger partial charge in [0.05, 0.1) is 17.4 Å². The van der Waals surface area contributed by atoms with Crippen molar-refractivity contribution < 1.29 is 9.90 Å². The molecular weight excluding hydrogens is 202 g/mol. The lowest BCUT2D eigenvalue weighted by Crippen LogP contribution is -1.95. The minimum atomic E-state index is -0.955. The van der Waals surface area contributed by atoms with Crippen molar-refractivity contribution in [2.75, 3.05) is 0 Å². The summed E-state index contributed by atoms with van der Waals surface area (Å²) in [7, 11) is 0. The number of aryl methyl sites for hydroxylation is 1. The number of aromatic nitrogens is 3. The zero-order chi connectivity index (χ0) is 10.1. The van der Waals surface area contributed by atoms with Gasteiger partial charge in [-0.1, -0.05) is 0 Å². The third kappa shape index (κ3) is 1.29. The normalized spacial score (nSPS) is 10.4. The molecule has 0 bridgehead atoms. The molecule has 14 heavy (non-hydrogen) atoms. The Balaban J connectivity index is 2.57. The van der Waals surface area contributed by atoms with Crippen LogP contribution in [0, 0.1) is 6.92 Å². The van der Waals surface area contributed by atoms with Gasteiger partial charge in [-0.15, -0.1) is 11.3 Å². The molecule has 0 saturated heterocycles. The summed E-state index contributed by atoms with van der Waals surface area (Å²) in [5.74, 6) is -0.955. The van der Waals surface area contributed by atoms with E-state index in [0.29, 0.717) is 5.69 Å². The largest absolute Gasteiger partial charge is 0.477 e. The van der Waals surface area contributed by atoms with Crippen LogP contribution in [0.1, 0.15) is 15.4 Å². The summed E-state index contributed by atoms with van der Waals surface area (Å²) in [4.78, 5) is 15.1. The van der Waals surface area contributed by atoms with Crippen LogP contribution in [0.4, 0.5) is 0 Å². The zero-order valence-electron chi connectivity index (χ0n) is 7.31. The molecule has 0 aliphatic rings. The molecule has 2 rings (SSSR count). The van der Waals surface area contributed by atoms with E-state index in [1.54, 1.807) is 6.20 Å². The van der Waals surface area contributed by atoms with Crippen molar-refractivity contribution in [1.82, 2.24) is 15.2 Å². The lowest BCUT2D eigenvalue weighted by Gasteiger charge is -1.95. The first-order chi connectivity index (χ1) is 6.70. The molecule has 2 N–H and O–H groups in total. The highest BCUT2D eigenvalue weighted by Crippen LogP contribution is 2.26. The molecule has 0 atom stereocenters. The number of thiazole rings is 1. The van der Waals surface area contributed by atoms with Gasteiger partial charge < -0.3 is 5.11 Å². The molecule has 2 heterocycles. The quantitative estimate of drug-likeness (QED) is 0.786. The fourth-order valence-corrected chi connectivity index (χ4v) is 1.82. The standard InChI is InChI=1S/C8H7N3O2S/c1-4-5(2-10-11-4)6-7(8(12)13)14-3-9-6/h2-3H,1H3,(H,10,11)(H,12,13). The van der Waals surface area contributed by atoms with Gasteiger partial charge in [0, 0.05) is 11.3 Å². The van der Waals surface area contributed by atoms with Crippen LogP contribution in [0.5, 0.6) is 0 Å². The number of nitrogens with zero attached hydrogens (tertiary/aromatic N) is 2. The Bertz CT molecular complexity index is 474. The molecule has 0 fully saturated rings. The Labute approximate surface area is 83.4 Å². The predicted molar refractivity (Wildman–Crippen MR) is 51.4 cm³/mol. The van der Waals surface area contributed by atoms with Crippen molar-refractivity contribution in [3.63, 3.8) is 0 Å². The highest BCUT2D eigenvalue weighted by atomic mass is 32.1. The van der Waals surface area contributed by atoms with Crippen LogP contribution in [0.15, 0.2) is 11.7 Å². The van der Waals surface area contributed by atoms with E-state index in [4.69, 9.17) is 5.11 Å². The molecule has 0 aliphatic carbocycles. The van der Waals surface area contributed by atoms with Gasteiger partial charge in [-0.05, 0) is 6.92 Å². The second kappa shape index (κ2) is 3.22. The Morgan fingerprint density at radius 3 is 3.00 bits per heavy atom. The molecular formula is C8H7N3O2S. The summed E-state index contributed by atoms with van der Waals surface area (Å²) >= 11 is 1.11. The van der Waals surface area contributed by atoms with E-state index in [-0.39, 0.29) is 4.88 Å². The van der Waals surface area contributed by atoms with Gasteiger partial charge >= 0.3 is 5.97 Å². The fraction of sp³-hybridized carbons (Fsp3) is 0.125. The van der Waals surface area contributed by atoms with Crippen molar-refractivity contribution in [1.29, 1.82) is 0 Å². The second-order valence-electron chi connectivity index (χ2n) is 2.74. The van der Waals surface area contributed by atoms with Crippen LogP contribution in [0.2, 0.25) is 0 Å². The van der Waals surface area contributed by atoms with E-state index in [2.05, 4.69) is 15.2 Å². The smallest absolute Gasteiger partial charge is 0.348 e. The number of carboxylic acids is 1. The number of nitrogens with one attached hydrogen (secondary N) is 1. The summed E-state index contributed by atoms with van der Waals surface area (Å²) < 4.78 is 0.